The van der Waals surface area contributed by atoms with Crippen LogP contribution in [-0.4, -0.2) is 70.1 Å². The first-order valence-electron chi connectivity index (χ1n) is 10.7. The van der Waals surface area contributed by atoms with Crippen LogP contribution in [0, 0.1) is 17.1 Å². The lowest BCUT2D eigenvalue weighted by atomic mass is 10.2. The van der Waals surface area contributed by atoms with Gasteiger partial charge in [-0.15, -0.1) is 0 Å². The Hall–Kier alpha value is -4.07. The number of aliphatic hydroxyl groups excluding tert-OH is 1. The topological polar surface area (TPSA) is 125 Å². The highest BCUT2D eigenvalue weighted by Gasteiger charge is 2.22. The molecule has 2 aromatic carbocycles. The van der Waals surface area contributed by atoms with Gasteiger partial charge >= 0.3 is 0 Å². The smallest absolute Gasteiger partial charge is 0.259 e. The van der Waals surface area contributed by atoms with Gasteiger partial charge in [0.25, 0.3) is 5.56 Å². The number of rotatable bonds is 6. The lowest BCUT2D eigenvalue weighted by Gasteiger charge is -2.34. The second-order valence-electron chi connectivity index (χ2n) is 7.97. The Morgan fingerprint density at radius 3 is 2.41 bits per heavy atom. The summed E-state index contributed by atoms with van der Waals surface area (Å²) in [5.41, 5.74) is 0.511. The van der Waals surface area contributed by atoms with Crippen molar-refractivity contribution < 1.29 is 14.3 Å². The van der Waals surface area contributed by atoms with Crippen LogP contribution in [0.2, 0.25) is 0 Å². The summed E-state index contributed by atoms with van der Waals surface area (Å²) in [6.07, 6.45) is 0. The fraction of sp³-hybridized carbons (Fsp3) is 0.250. The van der Waals surface area contributed by atoms with Gasteiger partial charge in [-0.05, 0) is 36.4 Å². The Balaban J connectivity index is 1.35. The van der Waals surface area contributed by atoms with Gasteiger partial charge in [0.05, 0.1) is 24.0 Å². The minimum Gasteiger partial charge on any atom is -0.509 e. The summed E-state index contributed by atoms with van der Waals surface area (Å²) in [6.45, 7) is 2.66. The zero-order valence-electron chi connectivity index (χ0n) is 18.3. The minimum absolute atomic E-state index is 0.0276. The number of nitriles is 1. The number of halogens is 1. The molecule has 10 heteroatoms. The van der Waals surface area contributed by atoms with Crippen LogP contribution < -0.4 is 10.9 Å². The number of nitrogens with one attached hydrogen (secondary N) is 2. The third-order valence-corrected chi connectivity index (χ3v) is 5.58. The highest BCUT2D eigenvalue weighted by Crippen LogP contribution is 2.16. The molecule has 1 fully saturated rings. The molecule has 34 heavy (non-hydrogen) atoms. The molecule has 9 nitrogen and oxygen atoms in total. The Bertz CT molecular complexity index is 1320. The van der Waals surface area contributed by atoms with Gasteiger partial charge in [-0.1, -0.05) is 12.1 Å². The van der Waals surface area contributed by atoms with Crippen LogP contribution in [0.25, 0.3) is 16.5 Å². The summed E-state index contributed by atoms with van der Waals surface area (Å²) in [5.74, 6) is -0.710. The second kappa shape index (κ2) is 10.2. The van der Waals surface area contributed by atoms with E-state index in [0.717, 1.165) is 0 Å². The molecule has 4 rings (SSSR count). The predicted molar refractivity (Wildman–Crippen MR) is 125 cm³/mol. The van der Waals surface area contributed by atoms with Crippen LogP contribution in [0.5, 0.6) is 0 Å². The quantitative estimate of drug-likeness (QED) is 0.378. The van der Waals surface area contributed by atoms with E-state index in [1.807, 2.05) is 15.9 Å². The highest BCUT2D eigenvalue weighted by atomic mass is 19.1. The third-order valence-electron chi connectivity index (χ3n) is 5.58. The van der Waals surface area contributed by atoms with Crippen molar-refractivity contribution in [2.75, 3.05) is 44.6 Å². The number of piperazine rings is 1. The van der Waals surface area contributed by atoms with Crippen molar-refractivity contribution in [1.82, 2.24) is 19.8 Å². The van der Waals surface area contributed by atoms with Gasteiger partial charge in [-0.3, -0.25) is 19.4 Å². The molecule has 0 spiro atoms. The van der Waals surface area contributed by atoms with E-state index in [1.54, 1.807) is 24.3 Å². The summed E-state index contributed by atoms with van der Waals surface area (Å²) in [4.78, 5) is 35.4. The predicted octanol–water partition coefficient (Wildman–Crippen LogP) is 2.11. The molecule has 1 aliphatic heterocycles. The third kappa shape index (κ3) is 5.46. The average molecular weight is 462 g/mol. The van der Waals surface area contributed by atoms with E-state index >= 15 is 0 Å². The maximum absolute atomic E-state index is 13.0. The molecular formula is C24H23FN6O3. The van der Waals surface area contributed by atoms with Crippen LogP contribution in [0.3, 0.4) is 0 Å². The van der Waals surface area contributed by atoms with Crippen LogP contribution >= 0.6 is 0 Å². The van der Waals surface area contributed by atoms with Crippen LogP contribution in [0.15, 0.2) is 59.1 Å². The Labute approximate surface area is 194 Å². The molecule has 3 N–H and O–H groups in total. The molecular weight excluding hydrogens is 439 g/mol. The van der Waals surface area contributed by atoms with Gasteiger partial charge < -0.3 is 15.4 Å². The number of anilines is 1. The van der Waals surface area contributed by atoms with E-state index in [2.05, 4.69) is 15.3 Å². The molecule has 1 aliphatic rings. The molecule has 0 saturated carbocycles. The Morgan fingerprint density at radius 2 is 1.74 bits per heavy atom. The van der Waals surface area contributed by atoms with Gasteiger partial charge in [0.2, 0.25) is 5.91 Å². The van der Waals surface area contributed by atoms with E-state index in [1.165, 1.54) is 24.3 Å². The molecule has 1 saturated heterocycles. The molecule has 1 aromatic heterocycles. The summed E-state index contributed by atoms with van der Waals surface area (Å²) in [5, 5.41) is 23.4. The number of H-pyrrole nitrogens is 1. The second-order valence-corrected chi connectivity index (χ2v) is 7.97. The van der Waals surface area contributed by atoms with Crippen LogP contribution in [0.4, 0.5) is 10.1 Å². The van der Waals surface area contributed by atoms with Crippen LogP contribution in [0.1, 0.15) is 5.82 Å². The van der Waals surface area contributed by atoms with Crippen molar-refractivity contribution in [3.8, 4) is 6.07 Å². The maximum Gasteiger partial charge on any atom is 0.259 e. The van der Waals surface area contributed by atoms with Gasteiger partial charge in [0, 0.05) is 31.9 Å². The molecule has 0 radical (unpaired) electrons. The average Bonchev–Trinajstić information content (AvgIpc) is 2.82. The maximum atomic E-state index is 13.0. The number of hydrogen-bond acceptors (Lipinski definition) is 7. The number of aromatic nitrogens is 2. The minimum atomic E-state index is -0.381. The molecule has 2 heterocycles. The summed E-state index contributed by atoms with van der Waals surface area (Å²) in [7, 11) is 0. The molecule has 0 bridgehead atoms. The standard InChI is InChI=1S/C24H23FN6O3/c25-16-5-7-17(8-6-16)27-22(33)15-31-11-9-30(10-12-31)14-21(32)19(13-26)23-28-20-4-2-1-3-18(20)24(34)29-23/h1-8,32H,9-12,14-15H2,(H,27,33)(H,28,29,34)/b21-19-. The Morgan fingerprint density at radius 1 is 1.09 bits per heavy atom. The fourth-order valence-electron chi connectivity index (χ4n) is 3.79. The molecule has 0 aliphatic carbocycles. The molecule has 1 amide bonds. The van der Waals surface area contributed by atoms with Crippen molar-refractivity contribution in [3.05, 3.63) is 76.3 Å². The number of carbonyl (C=O) groups is 1. The lowest BCUT2D eigenvalue weighted by Crippen LogP contribution is -2.49. The first kappa shape index (κ1) is 23.1. The number of allylic oxidation sites excluding steroid dienone is 1. The zero-order chi connectivity index (χ0) is 24.1. The SMILES string of the molecule is N#C/C(=C(/O)CN1CCN(CC(=O)Nc2ccc(F)cc2)CC1)c1nc2ccccc2c(=O)[nH]1. The normalized spacial score (nSPS) is 15.5. The summed E-state index contributed by atoms with van der Waals surface area (Å²) >= 11 is 0. The van der Waals surface area contributed by atoms with Crippen LogP contribution in [-0.2, 0) is 4.79 Å². The van der Waals surface area contributed by atoms with E-state index < -0.39 is 0 Å². The molecule has 174 valence electrons. The zero-order valence-corrected chi connectivity index (χ0v) is 18.3. The lowest BCUT2D eigenvalue weighted by molar-refractivity contribution is -0.117. The number of carbonyl (C=O) groups excluding carboxylic acids is 1. The molecule has 0 unspecified atom stereocenters. The van der Waals surface area contributed by atoms with Gasteiger partial charge in [-0.25, -0.2) is 9.37 Å². The number of nitrogens with zero attached hydrogens (tertiary/aromatic N) is 4. The summed E-state index contributed by atoms with van der Waals surface area (Å²) in [6, 6.07) is 14.3. The number of fused-ring (bicyclic) bond motifs is 1. The van der Waals surface area contributed by atoms with Crippen molar-refractivity contribution in [3.63, 3.8) is 0 Å². The van der Waals surface area contributed by atoms with Gasteiger partial charge in [-0.2, -0.15) is 5.26 Å². The number of aromatic amines is 1. The first-order valence-corrected chi connectivity index (χ1v) is 10.7. The van der Waals surface area contributed by atoms with E-state index in [9.17, 15) is 24.3 Å². The van der Waals surface area contributed by atoms with Gasteiger partial charge in [0.1, 0.15) is 23.2 Å². The monoisotopic (exact) mass is 462 g/mol. The summed E-state index contributed by atoms with van der Waals surface area (Å²) < 4.78 is 13.0. The number of hydrogen-bond donors (Lipinski definition) is 3. The Kier molecular flexibility index (Phi) is 6.96. The largest absolute Gasteiger partial charge is 0.509 e. The van der Waals surface area contributed by atoms with E-state index in [4.69, 9.17) is 0 Å². The number of benzene rings is 2. The van der Waals surface area contributed by atoms with Crippen molar-refractivity contribution in [1.29, 1.82) is 5.26 Å². The number of aliphatic hydroxyl groups is 1. The van der Waals surface area contributed by atoms with E-state index in [-0.39, 0.29) is 47.5 Å². The van der Waals surface area contributed by atoms with E-state index in [0.29, 0.717) is 42.8 Å². The molecule has 0 atom stereocenters. The fourth-order valence-corrected chi connectivity index (χ4v) is 3.79. The number of para-hydroxylation sites is 1. The van der Waals surface area contributed by atoms with Crippen molar-refractivity contribution in [2.24, 2.45) is 0 Å². The van der Waals surface area contributed by atoms with Crippen molar-refractivity contribution >= 4 is 28.1 Å². The molecule has 3 aromatic rings. The van der Waals surface area contributed by atoms with Crippen molar-refractivity contribution in [2.45, 2.75) is 0 Å². The number of amides is 1. The highest BCUT2D eigenvalue weighted by molar-refractivity contribution is 5.92. The first-order chi connectivity index (χ1) is 16.4. The van der Waals surface area contributed by atoms with Gasteiger partial charge in [0.15, 0.2) is 5.82 Å².